The summed E-state index contributed by atoms with van der Waals surface area (Å²) in [5.41, 5.74) is 7.45. The van der Waals surface area contributed by atoms with E-state index >= 15 is 0 Å². The lowest BCUT2D eigenvalue weighted by molar-refractivity contribution is -0.274. The van der Waals surface area contributed by atoms with E-state index in [0.717, 1.165) is 31.7 Å². The van der Waals surface area contributed by atoms with Gasteiger partial charge in [-0.1, -0.05) is 54.6 Å². The molecule has 0 atom stereocenters. The minimum absolute atomic E-state index is 0.190. The van der Waals surface area contributed by atoms with Crippen molar-refractivity contribution in [3.8, 4) is 5.75 Å². The fraction of sp³-hybridized carbons (Fsp3) is 0.280. The first-order valence-corrected chi connectivity index (χ1v) is 10.3. The molecule has 0 fully saturated rings. The molecule has 1 heterocycles. The number of aryl methyl sites for hydroxylation is 1. The Morgan fingerprint density at radius 3 is 2.29 bits per heavy atom. The van der Waals surface area contributed by atoms with Gasteiger partial charge in [0.15, 0.2) is 0 Å². The zero-order valence-corrected chi connectivity index (χ0v) is 17.4. The van der Waals surface area contributed by atoms with Crippen LogP contribution in [0.3, 0.4) is 0 Å². The Labute approximate surface area is 180 Å². The first-order valence-electron chi connectivity index (χ1n) is 10.3. The molecule has 4 rings (SSSR count). The zero-order chi connectivity index (χ0) is 21.8. The molecule has 0 saturated carbocycles. The summed E-state index contributed by atoms with van der Waals surface area (Å²) in [7, 11) is 0. The zero-order valence-electron chi connectivity index (χ0n) is 17.4. The molecule has 1 aliphatic heterocycles. The molecule has 1 N–H and O–H groups in total. The third-order valence-electron chi connectivity index (χ3n) is 5.47. The van der Waals surface area contributed by atoms with Gasteiger partial charge in [0.1, 0.15) is 5.75 Å². The number of fused-ring (bicyclic) bond motifs is 1. The van der Waals surface area contributed by atoms with E-state index in [2.05, 4.69) is 46.1 Å². The van der Waals surface area contributed by atoms with E-state index in [1.54, 1.807) is 12.1 Å². The van der Waals surface area contributed by atoms with Crippen LogP contribution < -0.4 is 10.1 Å². The number of halogens is 3. The van der Waals surface area contributed by atoms with Crippen molar-refractivity contribution in [1.82, 2.24) is 10.2 Å². The van der Waals surface area contributed by atoms with Gasteiger partial charge < -0.3 is 10.1 Å². The summed E-state index contributed by atoms with van der Waals surface area (Å²) in [4.78, 5) is 2.30. The molecule has 0 bridgehead atoms. The van der Waals surface area contributed by atoms with Gasteiger partial charge in [-0.15, -0.1) is 13.2 Å². The van der Waals surface area contributed by atoms with Crippen LogP contribution in [0.2, 0.25) is 0 Å². The molecule has 0 spiro atoms. The number of ether oxygens (including phenoxy) is 1. The summed E-state index contributed by atoms with van der Waals surface area (Å²) in [6.45, 7) is 6.15. The Morgan fingerprint density at radius 2 is 1.58 bits per heavy atom. The summed E-state index contributed by atoms with van der Waals surface area (Å²) in [5, 5.41) is 3.50. The van der Waals surface area contributed by atoms with Gasteiger partial charge in [0.05, 0.1) is 0 Å². The lowest BCUT2D eigenvalue weighted by Crippen LogP contribution is -2.17. The number of rotatable bonds is 7. The highest BCUT2D eigenvalue weighted by atomic mass is 19.4. The van der Waals surface area contributed by atoms with Crippen LogP contribution in [-0.2, 0) is 32.7 Å². The number of hydrogen-bond donors (Lipinski definition) is 1. The third kappa shape index (κ3) is 5.87. The van der Waals surface area contributed by atoms with Crippen molar-refractivity contribution in [2.75, 3.05) is 0 Å². The molecular formula is C25H25F3N2O. The van der Waals surface area contributed by atoms with Crippen LogP contribution in [0.4, 0.5) is 13.2 Å². The average Bonchev–Trinajstić information content (AvgIpc) is 3.12. The SMILES string of the molecule is Cc1cc(CNCc2ccccc2)cc2c1CN(Cc1ccc(OC(F)(F)F)cc1)C2. The second kappa shape index (κ2) is 9.12. The number of hydrogen-bond acceptors (Lipinski definition) is 3. The van der Waals surface area contributed by atoms with Crippen LogP contribution in [0.15, 0.2) is 66.7 Å². The fourth-order valence-corrected chi connectivity index (χ4v) is 4.07. The molecule has 0 amide bonds. The Kier molecular flexibility index (Phi) is 6.30. The van der Waals surface area contributed by atoms with Crippen LogP contribution in [0.25, 0.3) is 0 Å². The molecule has 3 aromatic rings. The molecule has 3 aromatic carbocycles. The largest absolute Gasteiger partial charge is 0.573 e. The lowest BCUT2D eigenvalue weighted by Gasteiger charge is -2.15. The number of alkyl halides is 3. The second-order valence-electron chi connectivity index (χ2n) is 7.98. The topological polar surface area (TPSA) is 24.5 Å². The molecule has 1 aliphatic rings. The Balaban J connectivity index is 1.34. The molecule has 0 aromatic heterocycles. The molecule has 6 heteroatoms. The average molecular weight is 426 g/mol. The van der Waals surface area contributed by atoms with Gasteiger partial charge in [0, 0.05) is 32.7 Å². The summed E-state index contributed by atoms with van der Waals surface area (Å²) in [5.74, 6) is -0.190. The molecule has 162 valence electrons. The van der Waals surface area contributed by atoms with Gasteiger partial charge >= 0.3 is 6.36 Å². The van der Waals surface area contributed by atoms with Crippen molar-refractivity contribution < 1.29 is 17.9 Å². The van der Waals surface area contributed by atoms with E-state index in [4.69, 9.17) is 0 Å². The van der Waals surface area contributed by atoms with Gasteiger partial charge in [0.25, 0.3) is 0 Å². The van der Waals surface area contributed by atoms with Crippen molar-refractivity contribution in [1.29, 1.82) is 0 Å². The molecule has 0 saturated heterocycles. The summed E-state index contributed by atoms with van der Waals surface area (Å²) < 4.78 is 40.9. The van der Waals surface area contributed by atoms with E-state index < -0.39 is 6.36 Å². The van der Waals surface area contributed by atoms with Gasteiger partial charge in [-0.05, 0) is 52.4 Å². The van der Waals surface area contributed by atoms with Crippen LogP contribution >= 0.6 is 0 Å². The summed E-state index contributed by atoms with van der Waals surface area (Å²) in [6, 6.07) is 21.0. The van der Waals surface area contributed by atoms with Gasteiger partial charge in [-0.25, -0.2) is 0 Å². The van der Waals surface area contributed by atoms with Crippen LogP contribution in [0.5, 0.6) is 5.75 Å². The van der Waals surface area contributed by atoms with Crippen LogP contribution in [0, 0.1) is 6.92 Å². The normalized spacial score (nSPS) is 13.9. The fourth-order valence-electron chi connectivity index (χ4n) is 4.07. The van der Waals surface area contributed by atoms with E-state index in [1.807, 2.05) is 18.2 Å². The van der Waals surface area contributed by atoms with Crippen molar-refractivity contribution in [2.24, 2.45) is 0 Å². The molecule has 0 radical (unpaired) electrons. The predicted octanol–water partition coefficient (Wildman–Crippen LogP) is 5.70. The maximum Gasteiger partial charge on any atom is 0.573 e. The predicted molar refractivity (Wildman–Crippen MR) is 114 cm³/mol. The smallest absolute Gasteiger partial charge is 0.406 e. The van der Waals surface area contributed by atoms with E-state index in [-0.39, 0.29) is 5.75 Å². The van der Waals surface area contributed by atoms with Gasteiger partial charge in [0.2, 0.25) is 0 Å². The van der Waals surface area contributed by atoms with Gasteiger partial charge in [-0.3, -0.25) is 4.90 Å². The maximum atomic E-state index is 12.3. The molecular weight excluding hydrogens is 401 g/mol. The highest BCUT2D eigenvalue weighted by molar-refractivity contribution is 5.41. The molecule has 3 nitrogen and oxygen atoms in total. The quantitative estimate of drug-likeness (QED) is 0.525. The Bertz CT molecular complexity index is 1020. The minimum Gasteiger partial charge on any atom is -0.406 e. The van der Waals surface area contributed by atoms with Crippen molar-refractivity contribution in [3.05, 3.63) is 100 Å². The van der Waals surface area contributed by atoms with E-state index in [1.165, 1.54) is 39.9 Å². The number of nitrogens with one attached hydrogen (secondary N) is 1. The summed E-state index contributed by atoms with van der Waals surface area (Å²) >= 11 is 0. The first kappa shape index (κ1) is 21.4. The van der Waals surface area contributed by atoms with Crippen molar-refractivity contribution >= 4 is 0 Å². The van der Waals surface area contributed by atoms with E-state index in [0.29, 0.717) is 6.54 Å². The lowest BCUT2D eigenvalue weighted by atomic mass is 10.0. The Hall–Kier alpha value is -2.83. The standard InChI is InChI=1S/C25H25F3N2O/c1-18-11-21(14-29-13-19-5-3-2-4-6-19)12-22-16-30(17-24(18)22)15-20-7-9-23(10-8-20)31-25(26,27)28/h2-12,29H,13-17H2,1H3. The molecule has 0 aliphatic carbocycles. The van der Waals surface area contributed by atoms with Crippen molar-refractivity contribution in [3.63, 3.8) is 0 Å². The number of benzene rings is 3. The molecule has 0 unspecified atom stereocenters. The first-order chi connectivity index (χ1) is 14.9. The van der Waals surface area contributed by atoms with Gasteiger partial charge in [-0.2, -0.15) is 0 Å². The maximum absolute atomic E-state index is 12.3. The second-order valence-corrected chi connectivity index (χ2v) is 7.98. The number of nitrogens with zero attached hydrogens (tertiary/aromatic N) is 1. The van der Waals surface area contributed by atoms with Crippen LogP contribution in [0.1, 0.15) is 33.4 Å². The minimum atomic E-state index is -4.66. The monoisotopic (exact) mass is 426 g/mol. The van der Waals surface area contributed by atoms with E-state index in [9.17, 15) is 13.2 Å². The van der Waals surface area contributed by atoms with Crippen molar-refractivity contribution in [2.45, 2.75) is 46.0 Å². The third-order valence-corrected chi connectivity index (χ3v) is 5.47. The molecule has 31 heavy (non-hydrogen) atoms. The highest BCUT2D eigenvalue weighted by Gasteiger charge is 2.31. The Morgan fingerprint density at radius 1 is 0.871 bits per heavy atom. The van der Waals surface area contributed by atoms with Crippen LogP contribution in [-0.4, -0.2) is 11.3 Å². The summed E-state index contributed by atoms with van der Waals surface area (Å²) in [6.07, 6.45) is -4.66. The highest BCUT2D eigenvalue weighted by Crippen LogP contribution is 2.29.